The Morgan fingerprint density at radius 3 is 1.37 bits per heavy atom. The second-order valence-electron chi connectivity index (χ2n) is 4.19. The molecule has 0 saturated heterocycles. The van der Waals surface area contributed by atoms with Crippen molar-refractivity contribution in [3.63, 3.8) is 0 Å². The summed E-state index contributed by atoms with van der Waals surface area (Å²) in [5.41, 5.74) is 11.0. The second-order valence-corrected chi connectivity index (χ2v) is 4.19. The first-order valence-electron chi connectivity index (χ1n) is 6.63. The van der Waals surface area contributed by atoms with E-state index in [1.807, 2.05) is 0 Å². The summed E-state index contributed by atoms with van der Waals surface area (Å²) >= 11 is 0. The number of nitrogens with one attached hydrogen (secondary N) is 2. The van der Waals surface area contributed by atoms with Crippen LogP contribution in [0.25, 0.3) is 0 Å². The van der Waals surface area contributed by atoms with Crippen molar-refractivity contribution in [3.05, 3.63) is 0 Å². The first-order chi connectivity index (χ1) is 8.70. The highest BCUT2D eigenvalue weighted by atomic mass is 35.5. The Kier molecular flexibility index (Phi) is 15.8. The fraction of sp³-hybridized carbons (Fsp3) is 0.833. The van der Waals surface area contributed by atoms with Crippen LogP contribution in [0.4, 0.5) is 0 Å². The molecule has 6 N–H and O–H groups in total. The number of hydrogen-bond donors (Lipinski definition) is 4. The number of hydrogen-bond acceptors (Lipinski definition) is 2. The number of guanidine groups is 2. The van der Waals surface area contributed by atoms with Crippen LogP contribution in [0.2, 0.25) is 0 Å². The van der Waals surface area contributed by atoms with Crippen LogP contribution >= 0.6 is 12.4 Å². The number of nitrogens with two attached hydrogens (primary N) is 2. The minimum atomic E-state index is 0. The molecule has 0 atom stereocenters. The number of nitrogens with zero attached hydrogens (tertiary/aromatic N) is 2. The molecule has 0 bridgehead atoms. The van der Waals surface area contributed by atoms with Crippen molar-refractivity contribution >= 4 is 24.3 Å². The number of halogens is 1. The summed E-state index contributed by atoms with van der Waals surface area (Å²) in [5.74, 6) is 1.05. The summed E-state index contributed by atoms with van der Waals surface area (Å²) in [7, 11) is 3.37. The maximum absolute atomic E-state index is 5.52. The summed E-state index contributed by atoms with van der Waals surface area (Å²) in [6.07, 6.45) is 7.28. The highest BCUT2D eigenvalue weighted by molar-refractivity contribution is 5.85. The first-order valence-corrected chi connectivity index (χ1v) is 6.63. The summed E-state index contributed by atoms with van der Waals surface area (Å²) < 4.78 is 0. The lowest BCUT2D eigenvalue weighted by atomic mass is 10.1. The molecule has 0 spiro atoms. The molecule has 0 aliphatic rings. The smallest absolute Gasteiger partial charge is 0.188 e. The van der Waals surface area contributed by atoms with E-state index in [9.17, 15) is 0 Å². The van der Waals surface area contributed by atoms with Crippen molar-refractivity contribution in [1.29, 1.82) is 0 Å². The molecule has 114 valence electrons. The van der Waals surface area contributed by atoms with Gasteiger partial charge in [0.05, 0.1) is 0 Å². The molecule has 0 saturated carbocycles. The molecule has 0 radical (unpaired) electrons. The van der Waals surface area contributed by atoms with E-state index in [1.54, 1.807) is 14.1 Å². The van der Waals surface area contributed by atoms with Gasteiger partial charge in [-0.3, -0.25) is 9.98 Å². The molecule has 0 aliphatic heterocycles. The van der Waals surface area contributed by atoms with Gasteiger partial charge in [-0.25, -0.2) is 0 Å². The zero-order valence-electron chi connectivity index (χ0n) is 12.1. The van der Waals surface area contributed by atoms with E-state index in [-0.39, 0.29) is 12.4 Å². The van der Waals surface area contributed by atoms with E-state index in [0.717, 1.165) is 25.9 Å². The van der Waals surface area contributed by atoms with Crippen molar-refractivity contribution in [2.24, 2.45) is 21.5 Å². The van der Waals surface area contributed by atoms with Crippen LogP contribution in [0.3, 0.4) is 0 Å². The van der Waals surface area contributed by atoms with E-state index in [1.165, 1.54) is 25.7 Å². The van der Waals surface area contributed by atoms with Crippen LogP contribution in [0.1, 0.15) is 38.5 Å². The van der Waals surface area contributed by atoms with Gasteiger partial charge in [-0.05, 0) is 12.8 Å². The van der Waals surface area contributed by atoms with Crippen LogP contribution in [0.15, 0.2) is 9.98 Å². The van der Waals surface area contributed by atoms with Crippen LogP contribution in [-0.4, -0.2) is 39.1 Å². The Morgan fingerprint density at radius 2 is 1.05 bits per heavy atom. The highest BCUT2D eigenvalue weighted by Gasteiger charge is 1.93. The van der Waals surface area contributed by atoms with Gasteiger partial charge in [-0.15, -0.1) is 12.4 Å². The van der Waals surface area contributed by atoms with E-state index >= 15 is 0 Å². The van der Waals surface area contributed by atoms with Crippen LogP contribution in [-0.2, 0) is 0 Å². The van der Waals surface area contributed by atoms with Gasteiger partial charge in [0.1, 0.15) is 0 Å². The van der Waals surface area contributed by atoms with Gasteiger partial charge in [0.15, 0.2) is 11.9 Å². The lowest BCUT2D eigenvalue weighted by molar-refractivity contribution is 0.585. The molecule has 0 amide bonds. The topological polar surface area (TPSA) is 101 Å². The Hall–Kier alpha value is -1.17. The largest absolute Gasteiger partial charge is 0.370 e. The van der Waals surface area contributed by atoms with Crippen LogP contribution in [0, 0.1) is 0 Å². The van der Waals surface area contributed by atoms with Gasteiger partial charge in [0, 0.05) is 27.2 Å². The molecule has 19 heavy (non-hydrogen) atoms. The van der Waals surface area contributed by atoms with Gasteiger partial charge in [-0.1, -0.05) is 25.7 Å². The van der Waals surface area contributed by atoms with Crippen molar-refractivity contribution in [3.8, 4) is 0 Å². The monoisotopic (exact) mass is 292 g/mol. The van der Waals surface area contributed by atoms with Crippen LogP contribution in [0.5, 0.6) is 0 Å². The van der Waals surface area contributed by atoms with Crippen molar-refractivity contribution in [1.82, 2.24) is 10.6 Å². The predicted octanol–water partition coefficient (Wildman–Crippen LogP) is 0.817. The normalized spacial score (nSPS) is 11.9. The minimum Gasteiger partial charge on any atom is -0.370 e. The maximum atomic E-state index is 5.52. The average Bonchev–Trinajstić information content (AvgIpc) is 2.40. The third-order valence-electron chi connectivity index (χ3n) is 2.70. The van der Waals surface area contributed by atoms with Crippen molar-refractivity contribution in [2.75, 3.05) is 27.2 Å². The van der Waals surface area contributed by atoms with Gasteiger partial charge in [0.25, 0.3) is 0 Å². The molecule has 0 rings (SSSR count). The standard InChI is InChI=1S/C12H28N6.ClH/c1-15-11(13)17-9-7-5-3-4-6-8-10-18-12(14)16-2;/h3-10H2,1-2H3,(H3,13,15,17)(H3,14,16,18);1H. The molecule has 6 nitrogen and oxygen atoms in total. The third kappa shape index (κ3) is 14.8. The van der Waals surface area contributed by atoms with Crippen molar-refractivity contribution in [2.45, 2.75) is 38.5 Å². The lowest BCUT2D eigenvalue weighted by Gasteiger charge is -2.05. The summed E-state index contributed by atoms with van der Waals surface area (Å²) in [4.78, 5) is 7.67. The fourth-order valence-corrected chi connectivity index (χ4v) is 1.55. The molecule has 0 aliphatic carbocycles. The molecular formula is C12H29ClN6. The summed E-state index contributed by atoms with van der Waals surface area (Å²) in [5, 5.41) is 6.11. The quantitative estimate of drug-likeness (QED) is 0.287. The molecule has 0 fully saturated rings. The van der Waals surface area contributed by atoms with Gasteiger partial charge in [-0.2, -0.15) is 0 Å². The molecular weight excluding hydrogens is 264 g/mol. The van der Waals surface area contributed by atoms with Gasteiger partial charge >= 0.3 is 0 Å². The minimum absolute atomic E-state index is 0. The zero-order chi connectivity index (χ0) is 13.6. The molecule has 0 aromatic carbocycles. The summed E-state index contributed by atoms with van der Waals surface area (Å²) in [6, 6.07) is 0. The highest BCUT2D eigenvalue weighted by Crippen LogP contribution is 2.04. The van der Waals surface area contributed by atoms with Crippen LogP contribution < -0.4 is 22.1 Å². The van der Waals surface area contributed by atoms with Gasteiger partial charge in [0.2, 0.25) is 0 Å². The maximum Gasteiger partial charge on any atom is 0.188 e. The molecule has 0 aromatic rings. The van der Waals surface area contributed by atoms with Gasteiger partial charge < -0.3 is 22.1 Å². The molecule has 0 unspecified atom stereocenters. The Balaban J connectivity index is 0. The lowest BCUT2D eigenvalue weighted by Crippen LogP contribution is -2.32. The Labute approximate surface area is 122 Å². The van der Waals surface area contributed by atoms with E-state index in [0.29, 0.717) is 11.9 Å². The molecule has 0 aromatic heterocycles. The number of unbranched alkanes of at least 4 members (excludes halogenated alkanes) is 5. The number of rotatable bonds is 9. The summed E-state index contributed by atoms with van der Waals surface area (Å²) in [6.45, 7) is 1.82. The molecule has 7 heteroatoms. The van der Waals surface area contributed by atoms with E-state index < -0.39 is 0 Å². The zero-order valence-corrected chi connectivity index (χ0v) is 12.9. The SMILES string of the molecule is CN=C(N)NCCCCCCCCNC(N)=NC.Cl. The van der Waals surface area contributed by atoms with E-state index in [2.05, 4.69) is 20.6 Å². The predicted molar refractivity (Wildman–Crippen MR) is 86.0 cm³/mol. The number of aliphatic imine (C=N–C) groups is 2. The first kappa shape index (κ1) is 20.2. The third-order valence-corrected chi connectivity index (χ3v) is 2.70. The van der Waals surface area contributed by atoms with E-state index in [4.69, 9.17) is 11.5 Å². The van der Waals surface area contributed by atoms with Crippen molar-refractivity contribution < 1.29 is 0 Å². The Morgan fingerprint density at radius 1 is 0.737 bits per heavy atom. The average molecular weight is 293 g/mol. The second kappa shape index (κ2) is 14.9. The fourth-order valence-electron chi connectivity index (χ4n) is 1.55. The molecule has 0 heterocycles. The Bertz CT molecular complexity index is 229.